The largest absolute Gasteiger partial charge is 0.481 e. The van der Waals surface area contributed by atoms with Crippen LogP contribution in [0, 0.1) is 0 Å². The lowest BCUT2D eigenvalue weighted by Crippen LogP contribution is -2.40. The highest BCUT2D eigenvalue weighted by Crippen LogP contribution is 2.18. The first-order chi connectivity index (χ1) is 13.8. The summed E-state index contributed by atoms with van der Waals surface area (Å²) in [7, 11) is 0. The minimum absolute atomic E-state index is 0.0496. The van der Waals surface area contributed by atoms with Gasteiger partial charge in [0.1, 0.15) is 5.75 Å². The summed E-state index contributed by atoms with van der Waals surface area (Å²) in [4.78, 5) is 48.2. The van der Waals surface area contributed by atoms with E-state index in [-0.39, 0.29) is 23.0 Å². The molecule has 0 aliphatic heterocycles. The molecular weight excluding hydrogens is 400 g/mol. The van der Waals surface area contributed by atoms with Gasteiger partial charge >= 0.3 is 0 Å². The zero-order valence-electron chi connectivity index (χ0n) is 15.2. The monoisotopic (exact) mass is 416 g/mol. The number of anilines is 1. The van der Waals surface area contributed by atoms with E-state index >= 15 is 0 Å². The summed E-state index contributed by atoms with van der Waals surface area (Å²) in [6.07, 6.45) is -0.861. The molecule has 150 valence electrons. The van der Waals surface area contributed by atoms with Gasteiger partial charge in [0.2, 0.25) is 5.91 Å². The lowest BCUT2D eigenvalue weighted by atomic mass is 10.1. The molecule has 1 heterocycles. The minimum Gasteiger partial charge on any atom is -0.481 e. The van der Waals surface area contributed by atoms with Crippen LogP contribution in [0.1, 0.15) is 6.92 Å². The fourth-order valence-electron chi connectivity index (χ4n) is 2.64. The number of carbonyl (C=O) groups is 2. The smallest absolute Gasteiger partial charge is 0.272 e. The summed E-state index contributed by atoms with van der Waals surface area (Å²) >= 11 is 5.87. The topological polar surface area (TPSA) is 133 Å². The average Bonchev–Trinajstić information content (AvgIpc) is 2.69. The normalized spacial score (nSPS) is 11.7. The van der Waals surface area contributed by atoms with Crippen LogP contribution < -0.4 is 26.5 Å². The van der Waals surface area contributed by atoms with Crippen LogP contribution in [0.15, 0.2) is 52.1 Å². The summed E-state index contributed by atoms with van der Waals surface area (Å²) in [5.41, 5.74) is -0.878. The molecular formula is C19H17ClN4O5. The Balaban J connectivity index is 1.62. The number of aromatic amines is 2. The maximum absolute atomic E-state index is 12.2. The van der Waals surface area contributed by atoms with E-state index in [0.29, 0.717) is 10.8 Å². The molecule has 9 nitrogen and oxygen atoms in total. The van der Waals surface area contributed by atoms with E-state index in [9.17, 15) is 19.2 Å². The second-order valence-corrected chi connectivity index (χ2v) is 6.56. The second-order valence-electron chi connectivity index (χ2n) is 6.12. The molecule has 0 unspecified atom stereocenters. The van der Waals surface area contributed by atoms with Crippen molar-refractivity contribution in [2.45, 2.75) is 13.0 Å². The summed E-state index contributed by atoms with van der Waals surface area (Å²) < 4.78 is 5.48. The van der Waals surface area contributed by atoms with Crippen LogP contribution in [0.3, 0.4) is 0 Å². The van der Waals surface area contributed by atoms with E-state index in [2.05, 4.69) is 20.8 Å². The van der Waals surface area contributed by atoms with Crippen molar-refractivity contribution in [3.63, 3.8) is 0 Å². The minimum atomic E-state index is -0.861. The average molecular weight is 417 g/mol. The molecule has 1 aromatic heterocycles. The molecule has 1 atom stereocenters. The van der Waals surface area contributed by atoms with Gasteiger partial charge in [-0.1, -0.05) is 23.7 Å². The van der Waals surface area contributed by atoms with Gasteiger partial charge in [-0.25, -0.2) is 0 Å². The SMILES string of the molecule is C[C@H](Oc1cccc(Cl)c1)C(=O)NCC(=O)Nc1cccc2c(=O)[nH][nH]c(=O)c12. The predicted octanol–water partition coefficient (Wildman–Crippen LogP) is 1.39. The van der Waals surface area contributed by atoms with E-state index in [0.717, 1.165) is 0 Å². The van der Waals surface area contributed by atoms with Crippen LogP contribution in [0.4, 0.5) is 5.69 Å². The van der Waals surface area contributed by atoms with Gasteiger partial charge < -0.3 is 15.4 Å². The number of hydrogen-bond acceptors (Lipinski definition) is 5. The van der Waals surface area contributed by atoms with E-state index in [1.807, 2.05) is 0 Å². The highest BCUT2D eigenvalue weighted by molar-refractivity contribution is 6.30. The zero-order chi connectivity index (χ0) is 21.0. The number of hydrogen-bond donors (Lipinski definition) is 4. The number of halogens is 1. The fourth-order valence-corrected chi connectivity index (χ4v) is 2.82. The zero-order valence-corrected chi connectivity index (χ0v) is 16.0. The van der Waals surface area contributed by atoms with Gasteiger partial charge in [0.15, 0.2) is 6.10 Å². The molecule has 3 rings (SSSR count). The van der Waals surface area contributed by atoms with Crippen molar-refractivity contribution >= 4 is 39.9 Å². The number of nitrogens with one attached hydrogen (secondary N) is 4. The summed E-state index contributed by atoms with van der Waals surface area (Å²) in [5, 5.41) is 10.0. The number of ether oxygens (including phenoxy) is 1. The van der Waals surface area contributed by atoms with Gasteiger partial charge in [-0.05, 0) is 37.3 Å². The first-order valence-electron chi connectivity index (χ1n) is 8.58. The summed E-state index contributed by atoms with van der Waals surface area (Å²) in [5.74, 6) is -0.655. The summed E-state index contributed by atoms with van der Waals surface area (Å²) in [6.45, 7) is 1.18. The number of amides is 2. The Labute approximate surface area is 169 Å². The van der Waals surface area contributed by atoms with Crippen molar-refractivity contribution in [2.24, 2.45) is 0 Å². The summed E-state index contributed by atoms with van der Waals surface area (Å²) in [6, 6.07) is 11.1. The first kappa shape index (κ1) is 20.2. The van der Waals surface area contributed by atoms with Crippen molar-refractivity contribution < 1.29 is 14.3 Å². The molecule has 10 heteroatoms. The Morgan fingerprint density at radius 1 is 1.10 bits per heavy atom. The molecule has 4 N–H and O–H groups in total. The Bertz CT molecular complexity index is 1190. The van der Waals surface area contributed by atoms with Crippen LogP contribution in [-0.2, 0) is 9.59 Å². The van der Waals surface area contributed by atoms with Gasteiger partial charge in [-0.2, -0.15) is 0 Å². The molecule has 0 saturated carbocycles. The number of aromatic nitrogens is 2. The molecule has 0 bridgehead atoms. The Hall–Kier alpha value is -3.59. The highest BCUT2D eigenvalue weighted by Gasteiger charge is 2.17. The maximum Gasteiger partial charge on any atom is 0.272 e. The number of carbonyl (C=O) groups excluding carboxylic acids is 2. The number of H-pyrrole nitrogens is 2. The fraction of sp³-hybridized carbons (Fsp3) is 0.158. The van der Waals surface area contributed by atoms with Gasteiger partial charge in [0, 0.05) is 5.02 Å². The van der Waals surface area contributed by atoms with E-state index in [1.54, 1.807) is 24.3 Å². The van der Waals surface area contributed by atoms with E-state index in [4.69, 9.17) is 16.3 Å². The Kier molecular flexibility index (Phi) is 5.99. The van der Waals surface area contributed by atoms with Gasteiger partial charge in [-0.3, -0.25) is 29.4 Å². The van der Waals surface area contributed by atoms with Crippen LogP contribution in [0.25, 0.3) is 10.8 Å². The third-order valence-corrected chi connectivity index (χ3v) is 4.24. The van der Waals surface area contributed by atoms with Crippen molar-refractivity contribution in [1.29, 1.82) is 0 Å². The van der Waals surface area contributed by atoms with Crippen molar-refractivity contribution in [3.05, 3.63) is 68.2 Å². The maximum atomic E-state index is 12.2. The molecule has 0 aliphatic rings. The lowest BCUT2D eigenvalue weighted by molar-refractivity contribution is -0.129. The molecule has 29 heavy (non-hydrogen) atoms. The lowest BCUT2D eigenvalue weighted by Gasteiger charge is -2.15. The van der Waals surface area contributed by atoms with Crippen molar-refractivity contribution in [3.8, 4) is 5.75 Å². The molecule has 0 aliphatic carbocycles. The van der Waals surface area contributed by atoms with Gasteiger partial charge in [0.25, 0.3) is 17.0 Å². The van der Waals surface area contributed by atoms with Crippen LogP contribution in [-0.4, -0.2) is 34.7 Å². The molecule has 0 radical (unpaired) electrons. The van der Waals surface area contributed by atoms with Crippen LogP contribution in [0.2, 0.25) is 5.02 Å². The molecule has 0 fully saturated rings. The van der Waals surface area contributed by atoms with Crippen molar-refractivity contribution in [1.82, 2.24) is 15.5 Å². The Morgan fingerprint density at radius 3 is 2.59 bits per heavy atom. The first-order valence-corrected chi connectivity index (χ1v) is 8.96. The third kappa shape index (κ3) is 4.82. The molecule has 3 aromatic rings. The molecule has 2 amide bonds. The van der Waals surface area contributed by atoms with Crippen LogP contribution >= 0.6 is 11.6 Å². The molecule has 2 aromatic carbocycles. The van der Waals surface area contributed by atoms with Crippen LogP contribution in [0.5, 0.6) is 5.75 Å². The number of benzene rings is 2. The third-order valence-electron chi connectivity index (χ3n) is 4.00. The number of rotatable bonds is 6. The van der Waals surface area contributed by atoms with Gasteiger partial charge in [0.05, 0.1) is 23.0 Å². The van der Waals surface area contributed by atoms with E-state index < -0.39 is 29.0 Å². The second kappa shape index (κ2) is 8.61. The van der Waals surface area contributed by atoms with Crippen molar-refractivity contribution in [2.75, 3.05) is 11.9 Å². The van der Waals surface area contributed by atoms with Gasteiger partial charge in [-0.15, -0.1) is 0 Å². The predicted molar refractivity (Wildman–Crippen MR) is 108 cm³/mol. The Morgan fingerprint density at radius 2 is 1.83 bits per heavy atom. The standard InChI is InChI=1S/C19H17ClN4O5/c1-10(29-12-5-2-4-11(20)8-12)17(26)21-9-15(25)22-14-7-3-6-13-16(14)19(28)24-23-18(13)27/h2-8,10H,9H2,1H3,(H,21,26)(H,22,25)(H,23,27)(H,24,28)/t10-/m0/s1. The van der Waals surface area contributed by atoms with E-state index in [1.165, 1.54) is 25.1 Å². The number of fused-ring (bicyclic) bond motifs is 1. The molecule has 0 saturated heterocycles. The molecule has 0 spiro atoms. The highest BCUT2D eigenvalue weighted by atomic mass is 35.5. The quantitative estimate of drug-likeness (QED) is 0.482.